The lowest BCUT2D eigenvalue weighted by Gasteiger charge is -2.41. The molecule has 452 valence electrons. The van der Waals surface area contributed by atoms with Crippen molar-refractivity contribution in [3.63, 3.8) is 0 Å². The molecule has 3 aliphatic carbocycles. The molecule has 0 amide bonds. The van der Waals surface area contributed by atoms with Crippen LogP contribution in [0.25, 0.3) is 9.69 Å². The number of aliphatic hydroxyl groups is 3. The predicted molar refractivity (Wildman–Crippen MR) is 344 cm³/mol. The van der Waals surface area contributed by atoms with Crippen LogP contribution < -0.4 is 31.4 Å². The van der Waals surface area contributed by atoms with Crippen LogP contribution in [0.1, 0.15) is 98.6 Å². The second kappa shape index (κ2) is 23.5. The fourth-order valence-corrected chi connectivity index (χ4v) is 16.3. The highest BCUT2D eigenvalue weighted by Crippen LogP contribution is 2.71. The van der Waals surface area contributed by atoms with Crippen LogP contribution in [0.4, 0.5) is 11.4 Å². The van der Waals surface area contributed by atoms with E-state index in [0.717, 1.165) is 37.9 Å². The third kappa shape index (κ3) is 8.99. The molecule has 0 saturated heterocycles. The van der Waals surface area contributed by atoms with Crippen molar-refractivity contribution in [2.75, 3.05) is 19.6 Å². The van der Waals surface area contributed by atoms with Crippen molar-refractivity contribution in [1.29, 1.82) is 10.5 Å². The van der Waals surface area contributed by atoms with Crippen molar-refractivity contribution in [2.24, 2.45) is 35.0 Å². The zero-order chi connectivity index (χ0) is 63.5. The number of fused-ring (bicyclic) bond motifs is 9. The summed E-state index contributed by atoms with van der Waals surface area (Å²) < 4.78 is 20.9. The SMILES string of the molecule is NC[C@H]1C[C@@H](c2ccccc2)[C@]2(c3ccc(Br)cc3)Oc3cc(Cl)cnc3[C@]12O.[C-]#[N+]c1cnc2c(c1)O[C@@]1(c3ccc(C#N)cc3)[C@H](c3ccccc3)C[C@H](CN)[C@@]21O.[C-]#[N+]c1cnc2c(c1)O[C@@]1(c3ccc(C#N)cc3)[C@H](c3ccccc3)C[C@H](CN)[C@@]21O. The van der Waals surface area contributed by atoms with Gasteiger partial charge in [-0.2, -0.15) is 10.5 Å². The van der Waals surface area contributed by atoms with Gasteiger partial charge < -0.3 is 46.7 Å². The number of halogens is 2. The van der Waals surface area contributed by atoms with E-state index in [-0.39, 0.29) is 48.6 Å². The predicted octanol–water partition coefficient (Wildman–Crippen LogP) is 12.2. The van der Waals surface area contributed by atoms with Gasteiger partial charge in [-0.1, -0.05) is 155 Å². The van der Waals surface area contributed by atoms with Gasteiger partial charge in [-0.25, -0.2) is 9.69 Å². The lowest BCUT2D eigenvalue weighted by molar-refractivity contribution is -0.127. The molecule has 15 rings (SSSR count). The van der Waals surface area contributed by atoms with Gasteiger partial charge in [-0.05, 0) is 121 Å². The molecule has 16 nitrogen and oxygen atoms in total. The maximum absolute atomic E-state index is 12.4. The van der Waals surface area contributed by atoms with Gasteiger partial charge in [0.2, 0.25) is 11.4 Å². The number of pyridine rings is 3. The first-order valence-electron chi connectivity index (χ1n) is 29.9. The fraction of sp³-hybridized carbons (Fsp3) is 0.247. The van der Waals surface area contributed by atoms with Gasteiger partial charge in [0.25, 0.3) is 0 Å². The second-order valence-corrected chi connectivity index (χ2v) is 25.2. The Morgan fingerprint density at radius 1 is 0.484 bits per heavy atom. The monoisotopic (exact) mass is 1290 g/mol. The number of nitrogens with two attached hydrogens (primary N) is 3. The summed E-state index contributed by atoms with van der Waals surface area (Å²) in [4.78, 5) is 20.4. The van der Waals surface area contributed by atoms with E-state index in [0.29, 0.717) is 87.7 Å². The van der Waals surface area contributed by atoms with E-state index in [1.165, 1.54) is 12.4 Å². The Morgan fingerprint density at radius 3 is 1.10 bits per heavy atom. The van der Waals surface area contributed by atoms with E-state index in [1.807, 2.05) is 127 Å². The summed E-state index contributed by atoms with van der Waals surface area (Å²) in [6.07, 6.45) is 6.40. The van der Waals surface area contributed by atoms with Crippen molar-refractivity contribution >= 4 is 38.9 Å². The maximum atomic E-state index is 12.4. The van der Waals surface area contributed by atoms with Crippen molar-refractivity contribution in [2.45, 2.75) is 70.6 Å². The van der Waals surface area contributed by atoms with E-state index in [4.69, 9.17) is 56.2 Å². The molecular weight excluding hydrogens is 1230 g/mol. The van der Waals surface area contributed by atoms with E-state index < -0.39 is 33.6 Å². The Kier molecular flexibility index (Phi) is 15.6. The summed E-state index contributed by atoms with van der Waals surface area (Å²) in [5.74, 6) is -0.0121. The van der Waals surface area contributed by atoms with Gasteiger partial charge in [0.05, 0.1) is 41.4 Å². The maximum Gasteiger partial charge on any atom is 0.208 e. The lowest BCUT2D eigenvalue weighted by atomic mass is 9.71. The van der Waals surface area contributed by atoms with Crippen LogP contribution in [0.3, 0.4) is 0 Å². The normalized spacial score (nSPS) is 28.7. The molecule has 6 aromatic carbocycles. The minimum Gasteiger partial charge on any atom is -0.478 e. The van der Waals surface area contributed by atoms with E-state index in [1.54, 1.807) is 48.7 Å². The molecule has 18 heteroatoms. The molecule has 3 aromatic heterocycles. The van der Waals surface area contributed by atoms with Gasteiger partial charge in [0.15, 0.2) is 33.6 Å². The number of benzene rings is 6. The average Bonchev–Trinajstić information content (AvgIpc) is 1.53. The van der Waals surface area contributed by atoms with Crippen LogP contribution in [0.2, 0.25) is 5.02 Å². The summed E-state index contributed by atoms with van der Waals surface area (Å²) in [5.41, 5.74) is 19.4. The summed E-state index contributed by atoms with van der Waals surface area (Å²) >= 11 is 9.71. The van der Waals surface area contributed by atoms with Crippen LogP contribution >= 0.6 is 27.5 Å². The number of hydrogen-bond acceptors (Lipinski definition) is 14. The standard InChI is InChI=1S/2C25H20N4O2.C23H20BrClN2O2/c2*1-28-20-12-22-23(29-15-20)24(30)19(14-27)11-21(17-5-3-2-4-6-17)25(24,31-22)18-9-7-16(13-26)8-10-18;24-17-8-6-15(7-9-17)23-19(14-4-2-1-3-5-14)10-16(12-26)22(23,28)21-20(29-23)11-18(25)13-27-21/h2*2-10,12,15,19,21,30H,11,14,27H2;1-9,11,13,16,19,28H,10,12,26H2/t2*19-,21+,24-,25+;16-,19+,22-,23+/m111/s1. The van der Waals surface area contributed by atoms with Crippen LogP contribution in [0, 0.1) is 53.6 Å². The first-order valence-corrected chi connectivity index (χ1v) is 31.0. The number of nitrogens with zero attached hydrogens (tertiary/aromatic N) is 7. The molecule has 9 aromatic rings. The third-order valence-corrected chi connectivity index (χ3v) is 20.5. The molecule has 9 N–H and O–H groups in total. The number of aromatic nitrogens is 3. The number of rotatable bonds is 9. The minimum atomic E-state index is -1.48. The Labute approximate surface area is 539 Å². The van der Waals surface area contributed by atoms with Crippen LogP contribution in [0.5, 0.6) is 17.2 Å². The first-order chi connectivity index (χ1) is 44.2. The molecule has 3 fully saturated rings. The number of nitriles is 2. The molecule has 6 aliphatic rings. The minimum absolute atomic E-state index is 0.101. The number of hydrogen-bond donors (Lipinski definition) is 6. The summed E-state index contributed by atoms with van der Waals surface area (Å²) in [7, 11) is 0. The quantitative estimate of drug-likeness (QED) is 0.0735. The van der Waals surface area contributed by atoms with Gasteiger partial charge in [0, 0.05) is 64.6 Å². The zero-order valence-corrected chi connectivity index (χ0v) is 51.3. The van der Waals surface area contributed by atoms with Crippen LogP contribution in [0.15, 0.2) is 205 Å². The highest BCUT2D eigenvalue weighted by molar-refractivity contribution is 9.10. The molecule has 12 atom stereocenters. The van der Waals surface area contributed by atoms with Gasteiger partial charge in [-0.15, -0.1) is 0 Å². The van der Waals surface area contributed by atoms with Gasteiger partial charge in [-0.3, -0.25) is 15.0 Å². The summed E-state index contributed by atoms with van der Waals surface area (Å²) in [5, 5.41) is 56.0. The van der Waals surface area contributed by atoms with E-state index >= 15 is 0 Å². The van der Waals surface area contributed by atoms with Crippen molar-refractivity contribution in [1.82, 2.24) is 15.0 Å². The van der Waals surface area contributed by atoms with Crippen LogP contribution in [-0.4, -0.2) is 49.9 Å². The largest absolute Gasteiger partial charge is 0.478 e. The van der Waals surface area contributed by atoms with E-state index in [9.17, 15) is 25.8 Å². The van der Waals surface area contributed by atoms with Crippen LogP contribution in [-0.2, 0) is 33.6 Å². The zero-order valence-electron chi connectivity index (χ0n) is 48.9. The lowest BCUT2D eigenvalue weighted by Crippen LogP contribution is -2.51. The van der Waals surface area contributed by atoms with E-state index in [2.05, 4.69) is 64.8 Å². The summed E-state index contributed by atoms with van der Waals surface area (Å²) in [6, 6.07) is 61.5. The molecule has 3 aliphatic heterocycles. The second-order valence-electron chi connectivity index (χ2n) is 23.9. The summed E-state index contributed by atoms with van der Waals surface area (Å²) in [6.45, 7) is 15.5. The molecule has 0 unspecified atom stereocenters. The Bertz CT molecular complexity index is 4220. The van der Waals surface area contributed by atoms with Crippen molar-refractivity contribution < 1.29 is 29.5 Å². The number of ether oxygens (including phenoxy) is 3. The third-order valence-electron chi connectivity index (χ3n) is 19.8. The van der Waals surface area contributed by atoms with Crippen molar-refractivity contribution in [3.8, 4) is 29.4 Å². The molecule has 6 heterocycles. The molecule has 0 radical (unpaired) electrons. The molecule has 3 saturated carbocycles. The fourth-order valence-electron chi connectivity index (χ4n) is 15.8. The molecule has 0 spiro atoms. The van der Waals surface area contributed by atoms with Gasteiger partial charge >= 0.3 is 0 Å². The highest BCUT2D eigenvalue weighted by Gasteiger charge is 2.75. The smallest absolute Gasteiger partial charge is 0.208 e. The highest BCUT2D eigenvalue weighted by atomic mass is 79.9. The topological polar surface area (TPSA) is 261 Å². The molecule has 0 bridgehead atoms. The van der Waals surface area contributed by atoms with Gasteiger partial charge in [0.1, 0.15) is 34.3 Å². The Hall–Kier alpha value is -9.34. The average molecular weight is 1290 g/mol. The Morgan fingerprint density at radius 2 is 0.791 bits per heavy atom. The first kappa shape index (κ1) is 60.6. The Balaban J connectivity index is 0.000000125. The molecule has 91 heavy (non-hydrogen) atoms. The van der Waals surface area contributed by atoms with Crippen molar-refractivity contribution in [3.05, 3.63) is 295 Å². The molecular formula is C73H60BrClN10O6.